The first kappa shape index (κ1) is 21.8. The van der Waals surface area contributed by atoms with Crippen molar-refractivity contribution in [1.29, 1.82) is 0 Å². The molecule has 0 N–H and O–H groups in total. The van der Waals surface area contributed by atoms with E-state index in [0.29, 0.717) is 43.9 Å². The van der Waals surface area contributed by atoms with E-state index in [2.05, 4.69) is 20.2 Å². The van der Waals surface area contributed by atoms with Crippen LogP contribution >= 0.6 is 0 Å². The number of ether oxygens (including phenoxy) is 1. The zero-order valence-electron chi connectivity index (χ0n) is 19.4. The second kappa shape index (κ2) is 7.66. The fourth-order valence-electron chi connectivity index (χ4n) is 5.73. The number of nitrogens with zero attached hydrogens (tertiary/aromatic N) is 6. The van der Waals surface area contributed by atoms with Gasteiger partial charge < -0.3 is 4.74 Å². The molecule has 3 aromatic rings. The van der Waals surface area contributed by atoms with Gasteiger partial charge in [0.15, 0.2) is 0 Å². The number of halogens is 2. The van der Waals surface area contributed by atoms with Crippen molar-refractivity contribution in [2.24, 2.45) is 23.0 Å². The maximum absolute atomic E-state index is 14.6. The number of hydrogen-bond acceptors (Lipinski definition) is 6. The zero-order valence-corrected chi connectivity index (χ0v) is 19.4. The summed E-state index contributed by atoms with van der Waals surface area (Å²) in [4.78, 5) is 22.1. The molecule has 4 aliphatic rings. The Bertz CT molecular complexity index is 1330. The molecule has 1 atom stereocenters. The summed E-state index contributed by atoms with van der Waals surface area (Å²) >= 11 is 0. The fraction of sp³-hybridized carbons (Fsp3) is 0.400. The number of hydrazone groups is 1. The van der Waals surface area contributed by atoms with Crippen LogP contribution < -0.4 is 4.74 Å². The third kappa shape index (κ3) is 3.50. The highest BCUT2D eigenvalue weighted by atomic mass is 19.1. The molecular formula is C25H24F2N6O2. The quantitative estimate of drug-likeness (QED) is 0.535. The fourth-order valence-corrected chi connectivity index (χ4v) is 5.73. The van der Waals surface area contributed by atoms with E-state index in [1.807, 2.05) is 13.2 Å². The molecule has 0 radical (unpaired) electrons. The number of benzene rings is 1. The standard InChI is InChI=1S/C25H24F2N6O2/c1-15-5-19(27)17(6-18(15)26)21-3-4-30-33(21)23(34)25-11-24(12-25,13-25)14-35-22-9-28-20(8-29-22)16-7-31-32(2)10-16/h4-10,21H,3,11-14H2,1-2H3. The van der Waals surface area contributed by atoms with Gasteiger partial charge in [-0.05, 0) is 43.9 Å². The van der Waals surface area contributed by atoms with Crippen LogP contribution in [0, 0.1) is 29.4 Å². The first-order chi connectivity index (χ1) is 16.8. The molecule has 1 amide bonds. The Hall–Kier alpha value is -3.69. The van der Waals surface area contributed by atoms with E-state index >= 15 is 0 Å². The van der Waals surface area contributed by atoms with Gasteiger partial charge in [-0.15, -0.1) is 0 Å². The first-order valence-electron chi connectivity index (χ1n) is 11.5. The van der Waals surface area contributed by atoms with Crippen LogP contribution in [0.3, 0.4) is 0 Å². The topological polar surface area (TPSA) is 85.5 Å². The van der Waals surface area contributed by atoms with Gasteiger partial charge in [-0.3, -0.25) is 9.48 Å². The largest absolute Gasteiger partial charge is 0.476 e. The molecule has 3 fully saturated rings. The summed E-state index contributed by atoms with van der Waals surface area (Å²) in [6.07, 6.45) is 10.8. The van der Waals surface area contributed by atoms with Crippen LogP contribution in [0.2, 0.25) is 0 Å². The SMILES string of the molecule is Cc1cc(F)c(C2CC=NN2C(=O)C23CC(COc4cnc(-c5cnn(C)c5)cn4)(C2)C3)cc1F. The van der Waals surface area contributed by atoms with Crippen molar-refractivity contribution in [3.63, 3.8) is 0 Å². The molecule has 180 valence electrons. The number of aromatic nitrogens is 4. The van der Waals surface area contributed by atoms with Crippen LogP contribution in [0.4, 0.5) is 8.78 Å². The smallest absolute Gasteiger partial charge is 0.249 e. The highest BCUT2D eigenvalue weighted by molar-refractivity contribution is 5.88. The minimum atomic E-state index is -0.618. The van der Waals surface area contributed by atoms with Gasteiger partial charge in [0, 0.05) is 42.4 Å². The van der Waals surface area contributed by atoms with Crippen molar-refractivity contribution in [1.82, 2.24) is 24.8 Å². The van der Waals surface area contributed by atoms with E-state index in [9.17, 15) is 13.6 Å². The monoisotopic (exact) mass is 478 g/mol. The zero-order chi connectivity index (χ0) is 24.4. The van der Waals surface area contributed by atoms with Gasteiger partial charge >= 0.3 is 0 Å². The summed E-state index contributed by atoms with van der Waals surface area (Å²) < 4.78 is 36.3. The first-order valence-corrected chi connectivity index (χ1v) is 11.5. The molecule has 7 rings (SSSR count). The van der Waals surface area contributed by atoms with Crippen molar-refractivity contribution in [2.75, 3.05) is 6.61 Å². The maximum Gasteiger partial charge on any atom is 0.249 e. The molecule has 3 aliphatic carbocycles. The predicted molar refractivity (Wildman–Crippen MR) is 122 cm³/mol. The van der Waals surface area contributed by atoms with E-state index in [-0.39, 0.29) is 22.4 Å². The van der Waals surface area contributed by atoms with Crippen molar-refractivity contribution < 1.29 is 18.3 Å². The molecule has 1 aliphatic heterocycles. The number of amides is 1. The van der Waals surface area contributed by atoms with Crippen molar-refractivity contribution >= 4 is 12.1 Å². The van der Waals surface area contributed by atoms with Gasteiger partial charge in [-0.25, -0.2) is 23.8 Å². The van der Waals surface area contributed by atoms with Crippen LogP contribution in [0.15, 0.2) is 42.0 Å². The summed E-state index contributed by atoms with van der Waals surface area (Å²) in [6.45, 7) is 1.97. The van der Waals surface area contributed by atoms with E-state index in [1.165, 1.54) is 24.1 Å². The number of rotatable bonds is 6. The summed E-state index contributed by atoms with van der Waals surface area (Å²) in [5.41, 5.74) is 1.42. The van der Waals surface area contributed by atoms with Crippen LogP contribution in [0.25, 0.3) is 11.3 Å². The van der Waals surface area contributed by atoms with E-state index < -0.39 is 23.1 Å². The molecule has 0 spiro atoms. The highest BCUT2D eigenvalue weighted by Crippen LogP contribution is 2.74. The molecule has 35 heavy (non-hydrogen) atoms. The van der Waals surface area contributed by atoms with E-state index in [1.54, 1.807) is 29.5 Å². The lowest BCUT2D eigenvalue weighted by Gasteiger charge is -2.69. The van der Waals surface area contributed by atoms with Crippen LogP contribution in [0.1, 0.15) is 42.9 Å². The third-order valence-electron chi connectivity index (χ3n) is 7.42. The van der Waals surface area contributed by atoms with Gasteiger partial charge in [0.25, 0.3) is 0 Å². The normalized spacial score (nSPS) is 26.4. The molecule has 2 bridgehead atoms. The Morgan fingerprint density at radius 2 is 1.94 bits per heavy atom. The van der Waals surface area contributed by atoms with Gasteiger partial charge in [0.1, 0.15) is 11.6 Å². The predicted octanol–water partition coefficient (Wildman–Crippen LogP) is 3.97. The Kier molecular flexibility index (Phi) is 4.77. The van der Waals surface area contributed by atoms with Crippen LogP contribution in [0.5, 0.6) is 5.88 Å². The van der Waals surface area contributed by atoms with Crippen molar-refractivity contribution in [3.05, 3.63) is 59.7 Å². The van der Waals surface area contributed by atoms with Gasteiger partial charge in [0.05, 0.1) is 42.3 Å². The molecule has 0 saturated heterocycles. The number of aryl methyl sites for hydroxylation is 2. The van der Waals surface area contributed by atoms with Crippen LogP contribution in [-0.4, -0.2) is 43.5 Å². The van der Waals surface area contributed by atoms with Crippen molar-refractivity contribution in [2.45, 2.75) is 38.6 Å². The molecule has 10 heteroatoms. The average molecular weight is 479 g/mol. The minimum Gasteiger partial charge on any atom is -0.476 e. The third-order valence-corrected chi connectivity index (χ3v) is 7.42. The average Bonchev–Trinajstić information content (AvgIpc) is 3.44. The maximum atomic E-state index is 14.6. The summed E-state index contributed by atoms with van der Waals surface area (Å²) in [6, 6.07) is 1.74. The van der Waals surface area contributed by atoms with Gasteiger partial charge in [0.2, 0.25) is 11.8 Å². The van der Waals surface area contributed by atoms with Gasteiger partial charge in [-0.2, -0.15) is 10.2 Å². The molecule has 2 aromatic heterocycles. The number of carbonyl (C=O) groups excluding carboxylic acids is 1. The number of hydrogen-bond donors (Lipinski definition) is 0. The highest BCUT2D eigenvalue weighted by Gasteiger charge is 2.73. The Balaban J connectivity index is 1.07. The molecule has 1 unspecified atom stereocenters. The summed E-state index contributed by atoms with van der Waals surface area (Å²) in [7, 11) is 1.84. The molecule has 8 nitrogen and oxygen atoms in total. The second-order valence-electron chi connectivity index (χ2n) is 10.1. The molecule has 3 saturated carbocycles. The Labute approximate surface area is 200 Å². The van der Waals surface area contributed by atoms with Crippen LogP contribution in [-0.2, 0) is 11.8 Å². The lowest BCUT2D eigenvalue weighted by molar-refractivity contribution is -0.227. The Morgan fingerprint density at radius 3 is 2.63 bits per heavy atom. The lowest BCUT2D eigenvalue weighted by Crippen LogP contribution is -2.69. The van der Waals surface area contributed by atoms with E-state index in [4.69, 9.17) is 4.74 Å². The lowest BCUT2D eigenvalue weighted by atomic mass is 9.35. The summed E-state index contributed by atoms with van der Waals surface area (Å²) in [5.74, 6) is -0.697. The van der Waals surface area contributed by atoms with E-state index in [0.717, 1.165) is 5.56 Å². The Morgan fingerprint density at radius 1 is 1.14 bits per heavy atom. The minimum absolute atomic E-state index is 0.0699. The summed E-state index contributed by atoms with van der Waals surface area (Å²) in [5, 5.41) is 9.70. The molecule has 1 aromatic carbocycles. The molecular weight excluding hydrogens is 454 g/mol. The molecule has 3 heterocycles. The number of carbonyl (C=O) groups is 1. The second-order valence-corrected chi connectivity index (χ2v) is 10.1. The van der Waals surface area contributed by atoms with Gasteiger partial charge in [-0.1, -0.05) is 0 Å². The van der Waals surface area contributed by atoms with Crippen molar-refractivity contribution in [3.8, 4) is 17.1 Å².